The Balaban J connectivity index is 1.92. The molecule has 0 unspecified atom stereocenters. The second-order valence-corrected chi connectivity index (χ2v) is 7.24. The third kappa shape index (κ3) is 3.79. The third-order valence-electron chi connectivity index (χ3n) is 4.35. The Labute approximate surface area is 164 Å². The highest BCUT2D eigenvalue weighted by molar-refractivity contribution is 6.42. The van der Waals surface area contributed by atoms with Crippen molar-refractivity contribution in [3.63, 3.8) is 0 Å². The number of hydrogen-bond acceptors (Lipinski definition) is 2. The molecule has 0 N–H and O–H groups in total. The number of benzene rings is 2. The molecular weight excluding hydrogens is 365 g/mol. The van der Waals surface area contributed by atoms with Gasteiger partial charge in [0.15, 0.2) is 0 Å². The third-order valence-corrected chi connectivity index (χ3v) is 5.09. The van der Waals surface area contributed by atoms with Crippen molar-refractivity contribution < 1.29 is 0 Å². The fourth-order valence-electron chi connectivity index (χ4n) is 2.92. The lowest BCUT2D eigenvalue weighted by atomic mass is 10.2. The molecule has 0 bridgehead atoms. The maximum Gasteiger partial charge on any atom is 0.0645 e. The van der Waals surface area contributed by atoms with E-state index in [2.05, 4.69) is 58.6 Å². The number of aryl methyl sites for hydroxylation is 1. The molecule has 1 heterocycles. The van der Waals surface area contributed by atoms with Gasteiger partial charge in [-0.2, -0.15) is 0 Å². The smallest absolute Gasteiger partial charge is 0.0645 e. The van der Waals surface area contributed by atoms with E-state index < -0.39 is 0 Å². The highest BCUT2D eigenvalue weighted by Crippen LogP contribution is 2.27. The van der Waals surface area contributed by atoms with E-state index in [1.807, 2.05) is 26.4 Å². The Bertz CT molecular complexity index is 954. The summed E-state index contributed by atoms with van der Waals surface area (Å²) in [4.78, 5) is 6.63. The molecule has 0 fully saturated rings. The van der Waals surface area contributed by atoms with Crippen molar-refractivity contribution in [1.82, 2.24) is 4.57 Å². The van der Waals surface area contributed by atoms with Crippen molar-refractivity contribution in [2.75, 3.05) is 19.0 Å². The van der Waals surface area contributed by atoms with Gasteiger partial charge in [0, 0.05) is 48.6 Å². The Morgan fingerprint density at radius 3 is 2.23 bits per heavy atom. The molecule has 0 radical (unpaired) electrons. The van der Waals surface area contributed by atoms with Crippen LogP contribution in [0.25, 0.3) is 5.69 Å². The molecule has 3 rings (SSSR count). The minimum atomic E-state index is 0.507. The molecule has 1 aromatic heterocycles. The molecule has 0 aliphatic carbocycles. The molecular formula is C21H21Cl2N3. The zero-order valence-corrected chi connectivity index (χ0v) is 16.8. The first-order chi connectivity index (χ1) is 12.4. The number of rotatable bonds is 4. The van der Waals surface area contributed by atoms with Gasteiger partial charge in [-0.3, -0.25) is 4.99 Å². The largest absolute Gasteiger partial charge is 0.378 e. The van der Waals surface area contributed by atoms with Crippen LogP contribution >= 0.6 is 23.2 Å². The highest BCUT2D eigenvalue weighted by Gasteiger charge is 2.10. The summed E-state index contributed by atoms with van der Waals surface area (Å²) in [6, 6.07) is 16.0. The van der Waals surface area contributed by atoms with Crippen LogP contribution in [0.5, 0.6) is 0 Å². The van der Waals surface area contributed by atoms with Crippen molar-refractivity contribution in [1.29, 1.82) is 0 Å². The minimum absolute atomic E-state index is 0.507. The van der Waals surface area contributed by atoms with Gasteiger partial charge in [-0.25, -0.2) is 0 Å². The van der Waals surface area contributed by atoms with Crippen LogP contribution in [-0.4, -0.2) is 24.9 Å². The van der Waals surface area contributed by atoms with Crippen molar-refractivity contribution in [2.45, 2.75) is 13.8 Å². The molecule has 0 spiro atoms. The van der Waals surface area contributed by atoms with Gasteiger partial charge < -0.3 is 9.47 Å². The molecule has 0 saturated heterocycles. The minimum Gasteiger partial charge on any atom is -0.378 e. The van der Waals surface area contributed by atoms with Crippen LogP contribution in [0.2, 0.25) is 10.0 Å². The van der Waals surface area contributed by atoms with Crippen LogP contribution in [-0.2, 0) is 0 Å². The van der Waals surface area contributed by atoms with Crippen molar-refractivity contribution in [2.24, 2.45) is 4.99 Å². The number of hydrogen-bond donors (Lipinski definition) is 0. The summed E-state index contributed by atoms with van der Waals surface area (Å²) in [7, 11) is 4.08. The molecule has 3 nitrogen and oxygen atoms in total. The zero-order valence-electron chi connectivity index (χ0n) is 15.3. The van der Waals surface area contributed by atoms with E-state index in [-0.39, 0.29) is 0 Å². The average Bonchev–Trinajstić information content (AvgIpc) is 2.90. The van der Waals surface area contributed by atoms with Gasteiger partial charge >= 0.3 is 0 Å². The lowest BCUT2D eigenvalue weighted by molar-refractivity contribution is 0.963. The van der Waals surface area contributed by atoms with Crippen LogP contribution in [0.4, 0.5) is 11.4 Å². The summed E-state index contributed by atoms with van der Waals surface area (Å²) < 4.78 is 2.23. The van der Waals surface area contributed by atoms with Crippen LogP contribution in [0.1, 0.15) is 17.0 Å². The van der Waals surface area contributed by atoms with E-state index in [4.69, 9.17) is 23.2 Å². The molecule has 0 amide bonds. The Hall–Kier alpha value is -2.23. The van der Waals surface area contributed by atoms with Gasteiger partial charge in [-0.1, -0.05) is 23.2 Å². The number of aliphatic imine (C=N–C) groups is 1. The topological polar surface area (TPSA) is 20.5 Å². The van der Waals surface area contributed by atoms with E-state index in [9.17, 15) is 0 Å². The Kier molecular flexibility index (Phi) is 5.40. The second-order valence-electron chi connectivity index (χ2n) is 6.43. The molecule has 5 heteroatoms. The van der Waals surface area contributed by atoms with E-state index >= 15 is 0 Å². The molecule has 3 aromatic rings. The van der Waals surface area contributed by atoms with E-state index in [0.29, 0.717) is 10.0 Å². The second kappa shape index (κ2) is 7.56. The van der Waals surface area contributed by atoms with Gasteiger partial charge in [0.25, 0.3) is 0 Å². The lowest BCUT2D eigenvalue weighted by Crippen LogP contribution is -2.08. The monoisotopic (exact) mass is 385 g/mol. The molecule has 134 valence electrons. The van der Waals surface area contributed by atoms with Crippen molar-refractivity contribution in [3.8, 4) is 5.69 Å². The number of aromatic nitrogens is 1. The fourth-order valence-corrected chi connectivity index (χ4v) is 3.22. The number of halogens is 2. The summed E-state index contributed by atoms with van der Waals surface area (Å²) in [5.74, 6) is 0. The van der Waals surface area contributed by atoms with Gasteiger partial charge in [0.05, 0.1) is 15.7 Å². The molecule has 0 aliphatic rings. The molecule has 0 saturated carbocycles. The zero-order chi connectivity index (χ0) is 18.8. The lowest BCUT2D eigenvalue weighted by Gasteiger charge is -2.14. The van der Waals surface area contributed by atoms with Crippen LogP contribution in [0.3, 0.4) is 0 Å². The van der Waals surface area contributed by atoms with Crippen molar-refractivity contribution >= 4 is 40.8 Å². The SMILES string of the molecule is Cc1cc(C=Nc2ccc(Cl)c(Cl)c2)c(C)n1-c1ccc(N(C)C)cc1. The quantitative estimate of drug-likeness (QED) is 0.488. The first-order valence-electron chi connectivity index (χ1n) is 8.32. The van der Waals surface area contributed by atoms with Gasteiger partial charge in [0.1, 0.15) is 0 Å². The van der Waals surface area contributed by atoms with E-state index in [1.165, 1.54) is 5.69 Å². The summed E-state index contributed by atoms with van der Waals surface area (Å²) in [5.41, 5.74) is 6.47. The summed E-state index contributed by atoms with van der Waals surface area (Å²) in [6.45, 7) is 4.20. The van der Waals surface area contributed by atoms with Crippen LogP contribution < -0.4 is 4.90 Å². The predicted octanol–water partition coefficient (Wildman–Crippen LogP) is 6.22. The Morgan fingerprint density at radius 2 is 1.62 bits per heavy atom. The summed E-state index contributed by atoms with van der Waals surface area (Å²) in [5, 5.41) is 1.04. The predicted molar refractivity (Wildman–Crippen MR) is 113 cm³/mol. The normalized spacial score (nSPS) is 11.3. The standard InChI is InChI=1S/C21H21Cl2N3/c1-14-11-16(13-24-17-5-10-20(22)21(23)12-17)15(2)26(14)19-8-6-18(7-9-19)25(3)4/h5-13H,1-4H3. The number of anilines is 1. The molecule has 2 aromatic carbocycles. The van der Waals surface area contributed by atoms with Crippen molar-refractivity contribution in [3.05, 3.63) is 75.5 Å². The average molecular weight is 386 g/mol. The highest BCUT2D eigenvalue weighted by atomic mass is 35.5. The maximum atomic E-state index is 6.06. The molecule has 0 atom stereocenters. The maximum absolute atomic E-state index is 6.06. The molecule has 0 aliphatic heterocycles. The number of nitrogens with zero attached hydrogens (tertiary/aromatic N) is 3. The van der Waals surface area contributed by atoms with Crippen LogP contribution in [0, 0.1) is 13.8 Å². The van der Waals surface area contributed by atoms with Gasteiger partial charge in [-0.15, -0.1) is 0 Å². The summed E-state index contributed by atoms with van der Waals surface area (Å²) in [6.07, 6.45) is 1.87. The fraction of sp³-hybridized carbons (Fsp3) is 0.190. The first kappa shape index (κ1) is 18.6. The first-order valence-corrected chi connectivity index (χ1v) is 9.08. The van der Waals surface area contributed by atoms with E-state index in [1.54, 1.807) is 12.1 Å². The van der Waals surface area contributed by atoms with Crippen LogP contribution in [0.15, 0.2) is 53.5 Å². The summed E-state index contributed by atoms with van der Waals surface area (Å²) >= 11 is 12.0. The molecule has 26 heavy (non-hydrogen) atoms. The van der Waals surface area contributed by atoms with Gasteiger partial charge in [0.2, 0.25) is 0 Å². The van der Waals surface area contributed by atoms with E-state index in [0.717, 1.165) is 28.3 Å². The Morgan fingerprint density at radius 1 is 0.923 bits per heavy atom. The van der Waals surface area contributed by atoms with Gasteiger partial charge in [-0.05, 0) is 62.4 Å².